The van der Waals surface area contributed by atoms with Crippen molar-refractivity contribution in [1.29, 1.82) is 0 Å². The van der Waals surface area contributed by atoms with Crippen LogP contribution >= 0.6 is 0 Å². The smallest absolute Gasteiger partial charge is 1.00 e. The average Bonchev–Trinajstić information content (AvgIpc) is 4.21. The molecule has 0 aliphatic heterocycles. The third kappa shape index (κ3) is 23.5. The minimum Gasteiger partial charge on any atom is -1.00 e. The van der Waals surface area contributed by atoms with Gasteiger partial charge in [0.05, 0.1) is 14.2 Å². The summed E-state index contributed by atoms with van der Waals surface area (Å²) in [6, 6.07) is 23.1. The minimum absolute atomic E-state index is 0. The molecule has 86 heavy (non-hydrogen) atoms. The van der Waals surface area contributed by atoms with E-state index in [0.29, 0.717) is 0 Å². The summed E-state index contributed by atoms with van der Waals surface area (Å²) < 4.78 is 11.6. The topological polar surface area (TPSA) is 18.5 Å². The fraction of sp³-hybridized carbons (Fsp3) is 0.487. The van der Waals surface area contributed by atoms with Crippen LogP contribution in [-0.2, 0) is 95.7 Å². The van der Waals surface area contributed by atoms with Gasteiger partial charge in [0.2, 0.25) is 0 Å². The molecule has 0 N–H and O–H groups in total. The average molecular weight is 1400 g/mol. The Morgan fingerprint density at radius 2 is 0.442 bits per heavy atom. The summed E-state index contributed by atoms with van der Waals surface area (Å²) >= 11 is 0. The van der Waals surface area contributed by atoms with E-state index in [9.17, 15) is 0 Å². The number of rotatable bonds is 6. The fourth-order valence-electron chi connectivity index (χ4n) is 9.95. The minimum atomic E-state index is 0. The van der Waals surface area contributed by atoms with Gasteiger partial charge in [-0.25, -0.2) is 0 Å². The quantitative estimate of drug-likeness (QED) is 0.179. The number of benzene rings is 4. The predicted octanol–water partition coefficient (Wildman–Crippen LogP) is 9.74. The van der Waals surface area contributed by atoms with Crippen molar-refractivity contribution in [2.24, 2.45) is 0 Å². The van der Waals surface area contributed by atoms with Crippen molar-refractivity contribution in [2.45, 2.75) is 235 Å². The predicted molar refractivity (Wildman–Crippen MR) is 350 cm³/mol. The summed E-state index contributed by atoms with van der Waals surface area (Å²) in [5.41, 5.74) is 21.6. The van der Waals surface area contributed by atoms with Crippen molar-refractivity contribution in [1.82, 2.24) is 0 Å². The Kier molecular flexibility index (Phi) is 33.3. The van der Waals surface area contributed by atoms with Gasteiger partial charge in [-0.15, -0.1) is 95.1 Å². The van der Waals surface area contributed by atoms with Crippen LogP contribution in [0.4, 0.5) is 0 Å². The maximum absolute atomic E-state index is 5.80. The van der Waals surface area contributed by atoms with Gasteiger partial charge in [0, 0.05) is 0 Å². The van der Waals surface area contributed by atoms with Crippen molar-refractivity contribution >= 4 is 22.3 Å². The zero-order chi connectivity index (χ0) is 60.2. The van der Waals surface area contributed by atoms with Crippen LogP contribution in [-0.4, -0.2) is 14.2 Å². The van der Waals surface area contributed by atoms with E-state index >= 15 is 0 Å². The van der Waals surface area contributed by atoms with Gasteiger partial charge in [0.1, 0.15) is 11.5 Å². The molecule has 0 saturated carbocycles. The van der Waals surface area contributed by atoms with Crippen molar-refractivity contribution in [2.75, 3.05) is 14.2 Å². The Hall–Kier alpha value is -2.67. The summed E-state index contributed by atoms with van der Waals surface area (Å²) in [6.07, 6.45) is 34.8. The molecule has 4 aromatic carbocycles. The molecule has 4 aliphatic carbocycles. The molecule has 4 aliphatic rings. The van der Waals surface area contributed by atoms with E-state index in [4.69, 9.17) is 9.47 Å². The fourth-order valence-corrected chi connectivity index (χ4v) is 9.95. The molecular formula is C78H104Cl4O2Zr2. The maximum atomic E-state index is 5.80. The number of methoxy groups -OCH3 is 2. The third-order valence-corrected chi connectivity index (χ3v) is 15.2. The molecule has 0 aromatic heterocycles. The molecule has 0 amide bonds. The number of hydrogen-bond acceptors (Lipinski definition) is 2. The monoisotopic (exact) mass is 1390 g/mol. The summed E-state index contributed by atoms with van der Waals surface area (Å²) in [4.78, 5) is 0. The van der Waals surface area contributed by atoms with Crippen molar-refractivity contribution < 1.29 is 112 Å². The molecule has 8 heteroatoms. The summed E-state index contributed by atoms with van der Waals surface area (Å²) in [6.45, 7) is 54.2. The molecule has 0 spiro atoms. The molecule has 0 saturated heterocycles. The van der Waals surface area contributed by atoms with E-state index in [-0.39, 0.29) is 145 Å². The number of hydrogen-bond donors (Lipinski definition) is 0. The molecule has 0 atom stereocenters. The van der Waals surface area contributed by atoms with Gasteiger partial charge in [0.25, 0.3) is 0 Å². The van der Waals surface area contributed by atoms with E-state index in [1.54, 1.807) is 14.2 Å². The van der Waals surface area contributed by atoms with E-state index in [1.807, 2.05) is 0 Å². The van der Waals surface area contributed by atoms with E-state index < -0.39 is 0 Å². The Morgan fingerprint density at radius 3 is 0.570 bits per heavy atom. The normalized spacial score (nSPS) is 14.4. The van der Waals surface area contributed by atoms with Crippen LogP contribution in [0.3, 0.4) is 0 Å². The molecule has 0 bridgehead atoms. The second kappa shape index (κ2) is 33.6. The molecule has 8 rings (SSSR count). The largest absolute Gasteiger partial charge is 4.00 e. The van der Waals surface area contributed by atoms with Crippen LogP contribution in [0.5, 0.6) is 11.5 Å². The van der Waals surface area contributed by atoms with Crippen LogP contribution in [0, 0.1) is 24.3 Å². The van der Waals surface area contributed by atoms with Crippen LogP contribution in [0.25, 0.3) is 22.3 Å². The number of halogens is 4. The van der Waals surface area contributed by atoms with Crippen molar-refractivity contribution in [3.63, 3.8) is 0 Å². The van der Waals surface area contributed by atoms with E-state index in [0.717, 1.165) is 37.2 Å². The summed E-state index contributed by atoms with van der Waals surface area (Å²) in [5.74, 6) is 2.06. The maximum Gasteiger partial charge on any atom is 4.00 e. The van der Waals surface area contributed by atoms with Crippen molar-refractivity contribution in [3.8, 4) is 11.5 Å². The van der Waals surface area contributed by atoms with Gasteiger partial charge in [0.15, 0.2) is 0 Å². The van der Waals surface area contributed by atoms with Gasteiger partial charge in [-0.3, -0.25) is 0 Å². The molecule has 464 valence electrons. The first-order valence-electron chi connectivity index (χ1n) is 29.5. The van der Waals surface area contributed by atoms with Crippen LogP contribution in [0.15, 0.2) is 109 Å². The summed E-state index contributed by atoms with van der Waals surface area (Å²) in [7, 11) is 3.56. The standard InChI is InChI=1S/2C20H27O.2C19H25.4ClH.2Zr/c2*1-19(2,3)16-12-15(14-10-8-9-11-14)13-17(18(16)21-7)20(4,5)6;2*1-18(2,3)16-11-15(14-9-7-8-10-14)12-17(13-16)19(4,5)6;;;;;;/h2*8,10,12-13H,9H2,1-7H3;2*7,9,11-13H,8H2,1-6H3;4*1H;;/q4*-1;;;;;2*+4/p-4. The van der Waals surface area contributed by atoms with Crippen LogP contribution in [0.2, 0.25) is 0 Å². The molecule has 0 radical (unpaired) electrons. The third-order valence-electron chi connectivity index (χ3n) is 15.2. The van der Waals surface area contributed by atoms with Crippen LogP contribution < -0.4 is 59.1 Å². The Balaban J connectivity index is 0. The number of ether oxygens (including phenoxy) is 2. The van der Waals surface area contributed by atoms with Gasteiger partial charge in [-0.05, 0) is 65.6 Å². The molecule has 4 aromatic rings. The van der Waals surface area contributed by atoms with Gasteiger partial charge >= 0.3 is 52.4 Å². The first kappa shape index (κ1) is 85.4. The number of allylic oxidation sites excluding steroid dienone is 16. The molecule has 0 heterocycles. The van der Waals surface area contributed by atoms with Gasteiger partial charge in [-0.1, -0.05) is 226 Å². The van der Waals surface area contributed by atoms with Gasteiger partial charge in [-0.2, -0.15) is 70.9 Å². The van der Waals surface area contributed by atoms with Crippen LogP contribution in [0.1, 0.15) is 259 Å². The molecule has 0 unspecified atom stereocenters. The SMILES string of the molecule is CC(C)(C)c1cc(C2=[C-]CC=C2)cc(C(C)(C)C)c1.CC(C)(C)c1cc(C2=[C-]CC=C2)cc(C(C)(C)C)c1.COc1c(C(C)(C)C)cc(C2=[C-]CC=C2)cc1C(C)(C)C.COc1c(C(C)(C)C)cc(C2=[C-]CC=C2)cc1C(C)(C)C.[Cl-].[Cl-].[Cl-].[Cl-].[Zr+4].[Zr+4]. The zero-order valence-corrected chi connectivity index (χ0v) is 65.5. The Labute approximate surface area is 589 Å². The second-order valence-corrected chi connectivity index (χ2v) is 30.6. The Bertz CT molecular complexity index is 2770. The van der Waals surface area contributed by atoms with Gasteiger partial charge < -0.3 is 59.1 Å². The Morgan fingerprint density at radius 1 is 0.267 bits per heavy atom. The van der Waals surface area contributed by atoms with E-state index in [2.05, 4.69) is 300 Å². The molecular weight excluding hydrogens is 1290 g/mol. The molecule has 0 fully saturated rings. The summed E-state index contributed by atoms with van der Waals surface area (Å²) in [5, 5.41) is 0. The first-order valence-corrected chi connectivity index (χ1v) is 29.5. The van der Waals surface area contributed by atoms with E-state index in [1.165, 1.54) is 89.1 Å². The second-order valence-electron chi connectivity index (χ2n) is 30.6. The first-order chi connectivity index (χ1) is 36.6. The zero-order valence-electron chi connectivity index (χ0n) is 57.5. The molecule has 2 nitrogen and oxygen atoms in total. The van der Waals surface area contributed by atoms with Crippen molar-refractivity contribution in [3.05, 3.63) is 200 Å².